The van der Waals surface area contributed by atoms with Gasteiger partial charge >= 0.3 is 0 Å². The van der Waals surface area contributed by atoms with E-state index < -0.39 is 11.7 Å². The van der Waals surface area contributed by atoms with E-state index in [9.17, 15) is 9.59 Å². The fraction of sp³-hybridized carbons (Fsp3) is 0.467. The average Bonchev–Trinajstić information content (AvgIpc) is 2.53. The van der Waals surface area contributed by atoms with E-state index in [0.717, 1.165) is 19.6 Å². The summed E-state index contributed by atoms with van der Waals surface area (Å²) in [5.74, 6) is -0.186. The molecule has 1 fully saturated rings. The molecule has 0 spiro atoms. The van der Waals surface area contributed by atoms with Gasteiger partial charge in [-0.15, -0.1) is 0 Å². The number of methoxy groups -OCH3 is 1. The van der Waals surface area contributed by atoms with Gasteiger partial charge in [0.15, 0.2) is 0 Å². The number of carbonyl (C=O) groups excluding carboxylic acids is 2. The van der Waals surface area contributed by atoms with Gasteiger partial charge < -0.3 is 14.5 Å². The van der Waals surface area contributed by atoms with E-state index in [0.29, 0.717) is 24.4 Å². The molecule has 5 nitrogen and oxygen atoms in total. The summed E-state index contributed by atoms with van der Waals surface area (Å²) < 4.78 is 5.04. The minimum atomic E-state index is -0.447. The van der Waals surface area contributed by atoms with Crippen molar-refractivity contribution in [1.29, 1.82) is 0 Å². The number of ether oxygens (including phenoxy) is 1. The topological polar surface area (TPSA) is 49.9 Å². The zero-order chi connectivity index (χ0) is 14.5. The molecule has 1 aliphatic rings. The molecule has 1 aliphatic heterocycles. The molecule has 1 aromatic carbocycles. The van der Waals surface area contributed by atoms with Crippen LogP contribution in [0.15, 0.2) is 24.3 Å². The Hall–Kier alpha value is -1.88. The lowest BCUT2D eigenvalue weighted by Crippen LogP contribution is -2.50. The molecule has 0 saturated carbocycles. The molecule has 20 heavy (non-hydrogen) atoms. The highest BCUT2D eigenvalue weighted by Gasteiger charge is 2.26. The summed E-state index contributed by atoms with van der Waals surface area (Å²) in [6.07, 6.45) is 0. The SMILES string of the molecule is CCN1CCN(C(=O)C(=O)c2ccc(OC)cc2)CC1. The number of Topliss-reactive ketones (excluding diaryl/α,β-unsaturated/α-hetero) is 1. The van der Waals surface area contributed by atoms with Gasteiger partial charge in [0.25, 0.3) is 5.91 Å². The summed E-state index contributed by atoms with van der Waals surface area (Å²) in [6.45, 7) is 5.98. The van der Waals surface area contributed by atoms with Crippen molar-refractivity contribution in [2.24, 2.45) is 0 Å². The van der Waals surface area contributed by atoms with Gasteiger partial charge in [-0.2, -0.15) is 0 Å². The third-order valence-electron chi connectivity index (χ3n) is 3.65. The van der Waals surface area contributed by atoms with E-state index >= 15 is 0 Å². The highest BCUT2D eigenvalue weighted by molar-refractivity contribution is 6.42. The maximum absolute atomic E-state index is 12.2. The summed E-state index contributed by atoms with van der Waals surface area (Å²) in [6, 6.07) is 6.63. The van der Waals surface area contributed by atoms with Crippen LogP contribution in [-0.2, 0) is 4.79 Å². The van der Waals surface area contributed by atoms with E-state index in [4.69, 9.17) is 4.74 Å². The Labute approximate surface area is 119 Å². The van der Waals surface area contributed by atoms with E-state index in [1.807, 2.05) is 0 Å². The van der Waals surface area contributed by atoms with Crippen LogP contribution in [0.1, 0.15) is 17.3 Å². The fourth-order valence-corrected chi connectivity index (χ4v) is 2.28. The average molecular weight is 276 g/mol. The number of nitrogens with zero attached hydrogens (tertiary/aromatic N) is 2. The first-order valence-corrected chi connectivity index (χ1v) is 6.85. The highest BCUT2D eigenvalue weighted by Crippen LogP contribution is 2.13. The van der Waals surface area contributed by atoms with Crippen LogP contribution in [0.5, 0.6) is 5.75 Å². The van der Waals surface area contributed by atoms with Crippen LogP contribution >= 0.6 is 0 Å². The molecule has 1 amide bonds. The van der Waals surface area contributed by atoms with Gasteiger partial charge in [-0.1, -0.05) is 6.92 Å². The molecule has 1 heterocycles. The Morgan fingerprint density at radius 1 is 1.10 bits per heavy atom. The van der Waals surface area contributed by atoms with Crippen LogP contribution in [0.3, 0.4) is 0 Å². The van der Waals surface area contributed by atoms with Crippen molar-refractivity contribution in [3.05, 3.63) is 29.8 Å². The second-order valence-corrected chi connectivity index (χ2v) is 4.78. The first-order valence-electron chi connectivity index (χ1n) is 6.85. The van der Waals surface area contributed by atoms with Crippen molar-refractivity contribution in [2.45, 2.75) is 6.92 Å². The van der Waals surface area contributed by atoms with Crippen LogP contribution in [0.2, 0.25) is 0 Å². The Balaban J connectivity index is 1.99. The van der Waals surface area contributed by atoms with Crippen LogP contribution in [0, 0.1) is 0 Å². The normalized spacial score (nSPS) is 16.0. The molecule has 0 N–H and O–H groups in total. The number of rotatable bonds is 4. The van der Waals surface area contributed by atoms with Gasteiger partial charge in [0, 0.05) is 31.7 Å². The molecule has 0 bridgehead atoms. The summed E-state index contributed by atoms with van der Waals surface area (Å²) >= 11 is 0. The second kappa shape index (κ2) is 6.52. The number of carbonyl (C=O) groups is 2. The molecule has 0 aliphatic carbocycles. The van der Waals surface area contributed by atoms with Crippen molar-refractivity contribution in [2.75, 3.05) is 39.8 Å². The van der Waals surface area contributed by atoms with E-state index in [2.05, 4.69) is 11.8 Å². The first kappa shape index (κ1) is 14.5. The minimum absolute atomic E-state index is 0.411. The minimum Gasteiger partial charge on any atom is -0.497 e. The lowest BCUT2D eigenvalue weighted by Gasteiger charge is -2.33. The number of benzene rings is 1. The third-order valence-corrected chi connectivity index (χ3v) is 3.65. The summed E-state index contributed by atoms with van der Waals surface area (Å²) in [7, 11) is 1.56. The van der Waals surface area contributed by atoms with Gasteiger partial charge in [-0.25, -0.2) is 0 Å². The Morgan fingerprint density at radius 3 is 2.20 bits per heavy atom. The van der Waals surface area contributed by atoms with Crippen molar-refractivity contribution in [3.63, 3.8) is 0 Å². The van der Waals surface area contributed by atoms with E-state index in [-0.39, 0.29) is 0 Å². The molecular formula is C15H20N2O3. The quantitative estimate of drug-likeness (QED) is 0.609. The molecule has 108 valence electrons. The zero-order valence-corrected chi connectivity index (χ0v) is 12.0. The van der Waals surface area contributed by atoms with Crippen LogP contribution < -0.4 is 4.74 Å². The maximum Gasteiger partial charge on any atom is 0.295 e. The number of ketones is 1. The molecule has 0 atom stereocenters. The predicted molar refractivity (Wildman–Crippen MR) is 76.0 cm³/mol. The van der Waals surface area contributed by atoms with E-state index in [1.165, 1.54) is 0 Å². The third kappa shape index (κ3) is 3.17. The van der Waals surface area contributed by atoms with Gasteiger partial charge in [-0.3, -0.25) is 9.59 Å². The molecule has 0 unspecified atom stereocenters. The van der Waals surface area contributed by atoms with Crippen molar-refractivity contribution < 1.29 is 14.3 Å². The molecule has 5 heteroatoms. The second-order valence-electron chi connectivity index (χ2n) is 4.78. The molecular weight excluding hydrogens is 256 g/mol. The summed E-state index contributed by atoms with van der Waals surface area (Å²) in [5.41, 5.74) is 0.411. The molecule has 1 aromatic rings. The number of likely N-dealkylation sites (N-methyl/N-ethyl adjacent to an activating group) is 1. The Bertz CT molecular complexity index is 476. The number of amides is 1. The summed E-state index contributed by atoms with van der Waals surface area (Å²) in [5, 5.41) is 0. The zero-order valence-electron chi connectivity index (χ0n) is 12.0. The van der Waals surface area contributed by atoms with Gasteiger partial charge in [0.05, 0.1) is 7.11 Å². The van der Waals surface area contributed by atoms with Crippen molar-refractivity contribution in [1.82, 2.24) is 9.80 Å². The smallest absolute Gasteiger partial charge is 0.295 e. The Kier molecular flexibility index (Phi) is 4.74. The lowest BCUT2D eigenvalue weighted by molar-refractivity contribution is -0.128. The molecule has 0 radical (unpaired) electrons. The molecule has 2 rings (SSSR count). The number of hydrogen-bond donors (Lipinski definition) is 0. The van der Waals surface area contributed by atoms with Crippen molar-refractivity contribution >= 4 is 11.7 Å². The van der Waals surface area contributed by atoms with Crippen LogP contribution in [0.4, 0.5) is 0 Å². The number of hydrogen-bond acceptors (Lipinski definition) is 4. The summed E-state index contributed by atoms with van der Waals surface area (Å²) in [4.78, 5) is 28.2. The largest absolute Gasteiger partial charge is 0.497 e. The molecule has 0 aromatic heterocycles. The monoisotopic (exact) mass is 276 g/mol. The number of piperazine rings is 1. The molecule has 1 saturated heterocycles. The van der Waals surface area contributed by atoms with Gasteiger partial charge in [0.1, 0.15) is 5.75 Å². The highest BCUT2D eigenvalue weighted by atomic mass is 16.5. The first-order chi connectivity index (χ1) is 9.65. The van der Waals surface area contributed by atoms with Gasteiger partial charge in [-0.05, 0) is 30.8 Å². The fourth-order valence-electron chi connectivity index (χ4n) is 2.28. The predicted octanol–water partition coefficient (Wildman–Crippen LogP) is 1.04. The maximum atomic E-state index is 12.2. The lowest BCUT2D eigenvalue weighted by atomic mass is 10.1. The van der Waals surface area contributed by atoms with Crippen LogP contribution in [-0.4, -0.2) is 61.3 Å². The van der Waals surface area contributed by atoms with Gasteiger partial charge in [0.2, 0.25) is 5.78 Å². The van der Waals surface area contributed by atoms with Crippen molar-refractivity contribution in [3.8, 4) is 5.75 Å². The standard InChI is InChI=1S/C15H20N2O3/c1-3-16-8-10-17(11-9-16)15(19)14(18)12-4-6-13(20-2)7-5-12/h4-7H,3,8-11H2,1-2H3. The van der Waals surface area contributed by atoms with E-state index in [1.54, 1.807) is 36.3 Å². The Morgan fingerprint density at radius 2 is 1.70 bits per heavy atom. The van der Waals surface area contributed by atoms with Crippen LogP contribution in [0.25, 0.3) is 0 Å².